The molecule has 4 aromatic carbocycles. The smallest absolute Gasteiger partial charge is 0.338 e. The number of hydrogen-bond acceptors (Lipinski definition) is 6. The maximum Gasteiger partial charge on any atom is 0.338 e. The van der Waals surface area contributed by atoms with Gasteiger partial charge in [-0.3, -0.25) is 0 Å². The van der Waals surface area contributed by atoms with Gasteiger partial charge in [0.25, 0.3) is 0 Å². The molecule has 1 aliphatic carbocycles. The van der Waals surface area contributed by atoms with E-state index < -0.39 is 5.97 Å². The molecule has 2 N–H and O–H groups in total. The molecule has 2 aliphatic rings. The highest BCUT2D eigenvalue weighted by Gasteiger charge is 2.22. The molecule has 0 saturated carbocycles. The minimum absolute atomic E-state index is 0.0718. The summed E-state index contributed by atoms with van der Waals surface area (Å²) in [6.45, 7) is -0.313. The highest BCUT2D eigenvalue weighted by molar-refractivity contribution is 6.08. The normalized spacial score (nSPS) is 11.6. The number of benzene rings is 5. The number of anilines is 2. The molecule has 6 nitrogen and oxygen atoms in total. The Morgan fingerprint density at radius 3 is 2.33 bits per heavy atom. The molecule has 196 valence electrons. The van der Waals surface area contributed by atoms with Crippen molar-refractivity contribution in [2.45, 2.75) is 0 Å². The van der Waals surface area contributed by atoms with Crippen LogP contribution in [0.15, 0.2) is 131 Å². The number of ether oxygens (including phenoxy) is 1. The van der Waals surface area contributed by atoms with Gasteiger partial charge in [0.1, 0.15) is 18.0 Å². The Morgan fingerprint density at radius 2 is 1.52 bits per heavy atom. The summed E-state index contributed by atoms with van der Waals surface area (Å²) >= 11 is 0. The molecule has 0 amide bonds. The number of esters is 1. The van der Waals surface area contributed by atoms with Crippen LogP contribution in [0.4, 0.5) is 17.1 Å². The van der Waals surface area contributed by atoms with Gasteiger partial charge in [-0.25, -0.2) is 9.79 Å². The minimum atomic E-state index is -0.496. The summed E-state index contributed by atoms with van der Waals surface area (Å²) in [5.74, 6) is 0.139. The van der Waals surface area contributed by atoms with Crippen LogP contribution in [0.25, 0.3) is 33.4 Å². The molecule has 0 aromatic heterocycles. The van der Waals surface area contributed by atoms with Gasteiger partial charge in [0.05, 0.1) is 23.2 Å². The van der Waals surface area contributed by atoms with Gasteiger partial charge >= 0.3 is 5.97 Å². The molecule has 0 radical (unpaired) electrons. The van der Waals surface area contributed by atoms with Crippen LogP contribution in [0, 0.1) is 0 Å². The largest absolute Gasteiger partial charge is 0.460 e. The molecule has 4 aromatic rings. The van der Waals surface area contributed by atoms with Gasteiger partial charge in [0.2, 0.25) is 0 Å². The third-order valence-corrected chi connectivity index (χ3v) is 6.52. The zero-order valence-electron chi connectivity index (χ0n) is 21.6. The van der Waals surface area contributed by atoms with E-state index in [1.54, 1.807) is 12.1 Å². The number of para-hydroxylation sites is 2. The fraction of sp³-hybridized carbons (Fsp3) is 0.0588. The SMILES string of the molecule is O=C(OCCO)c1ccccc1-c1c2cc/c(=N\c3ccccc3)cc-2oc2cc(Nc3ccccc3)ccc12. The molecule has 1 heterocycles. The number of nitrogens with zero attached hydrogens (tertiary/aromatic N) is 1. The topological polar surface area (TPSA) is 84.1 Å². The lowest BCUT2D eigenvalue weighted by Gasteiger charge is -2.18. The number of hydrogen-bond donors (Lipinski definition) is 2. The van der Waals surface area contributed by atoms with E-state index in [2.05, 4.69) is 5.32 Å². The van der Waals surface area contributed by atoms with Crippen molar-refractivity contribution in [1.82, 2.24) is 0 Å². The van der Waals surface area contributed by atoms with E-state index in [0.717, 1.165) is 38.9 Å². The Labute approximate surface area is 231 Å². The predicted molar refractivity (Wildman–Crippen MR) is 157 cm³/mol. The van der Waals surface area contributed by atoms with Crippen molar-refractivity contribution in [3.8, 4) is 22.5 Å². The fourth-order valence-electron chi connectivity index (χ4n) is 4.75. The lowest BCUT2D eigenvalue weighted by molar-refractivity contribution is 0.0434. The number of aliphatic hydroxyl groups is 1. The Kier molecular flexibility index (Phi) is 7.07. The van der Waals surface area contributed by atoms with Gasteiger partial charge in [0, 0.05) is 40.0 Å². The van der Waals surface area contributed by atoms with Crippen molar-refractivity contribution in [3.05, 3.63) is 132 Å². The van der Waals surface area contributed by atoms with Crippen molar-refractivity contribution >= 4 is 34.0 Å². The third-order valence-electron chi connectivity index (χ3n) is 6.52. The van der Waals surface area contributed by atoms with Crippen LogP contribution in [0.3, 0.4) is 0 Å². The molecule has 40 heavy (non-hydrogen) atoms. The number of nitrogens with one attached hydrogen (secondary N) is 1. The maximum absolute atomic E-state index is 13.0. The molecule has 0 bridgehead atoms. The van der Waals surface area contributed by atoms with Crippen LogP contribution in [-0.4, -0.2) is 24.3 Å². The second kappa shape index (κ2) is 11.3. The first-order valence-corrected chi connectivity index (χ1v) is 13.0. The zero-order chi connectivity index (χ0) is 27.3. The number of aliphatic hydroxyl groups excluding tert-OH is 1. The van der Waals surface area contributed by atoms with E-state index in [4.69, 9.17) is 14.1 Å². The molecule has 0 spiro atoms. The summed E-state index contributed by atoms with van der Waals surface area (Å²) in [4.78, 5) is 17.8. The van der Waals surface area contributed by atoms with Gasteiger partial charge in [-0.15, -0.1) is 0 Å². The molecule has 6 heteroatoms. The van der Waals surface area contributed by atoms with Crippen LogP contribution in [-0.2, 0) is 4.74 Å². The van der Waals surface area contributed by atoms with Crippen LogP contribution in [0.1, 0.15) is 10.4 Å². The van der Waals surface area contributed by atoms with Crippen molar-refractivity contribution < 1.29 is 19.1 Å². The van der Waals surface area contributed by atoms with E-state index >= 15 is 0 Å². The van der Waals surface area contributed by atoms with Gasteiger partial charge in [-0.2, -0.15) is 0 Å². The highest BCUT2D eigenvalue weighted by Crippen LogP contribution is 2.42. The van der Waals surface area contributed by atoms with Gasteiger partial charge in [-0.1, -0.05) is 54.6 Å². The first kappa shape index (κ1) is 25.1. The van der Waals surface area contributed by atoms with Crippen molar-refractivity contribution in [1.29, 1.82) is 0 Å². The Hall–Kier alpha value is -5.20. The lowest BCUT2D eigenvalue weighted by Crippen LogP contribution is -2.10. The summed E-state index contributed by atoms with van der Waals surface area (Å²) in [5.41, 5.74) is 6.14. The van der Waals surface area contributed by atoms with Crippen molar-refractivity contribution in [2.75, 3.05) is 18.5 Å². The quantitative estimate of drug-likeness (QED) is 0.168. The summed E-state index contributed by atoms with van der Waals surface area (Å²) < 4.78 is 11.8. The summed E-state index contributed by atoms with van der Waals surface area (Å²) in [7, 11) is 0. The van der Waals surface area contributed by atoms with E-state index in [0.29, 0.717) is 22.5 Å². The Morgan fingerprint density at radius 1 is 0.775 bits per heavy atom. The van der Waals surface area contributed by atoms with Crippen molar-refractivity contribution in [3.63, 3.8) is 0 Å². The second-order valence-electron chi connectivity index (χ2n) is 9.21. The predicted octanol–water partition coefficient (Wildman–Crippen LogP) is 7.33. The zero-order valence-corrected chi connectivity index (χ0v) is 21.6. The monoisotopic (exact) mass is 526 g/mol. The highest BCUT2D eigenvalue weighted by atomic mass is 16.5. The van der Waals surface area contributed by atoms with Gasteiger partial charge < -0.3 is 19.6 Å². The molecule has 0 unspecified atom stereocenters. The minimum Gasteiger partial charge on any atom is -0.460 e. The maximum atomic E-state index is 13.0. The molecular formula is C34H26N2O4. The Bertz CT molecular complexity index is 1830. The van der Waals surface area contributed by atoms with Crippen LogP contribution >= 0.6 is 0 Å². The first-order chi connectivity index (χ1) is 19.7. The molecule has 0 atom stereocenters. The van der Waals surface area contributed by atoms with E-state index in [1.165, 1.54) is 0 Å². The lowest BCUT2D eigenvalue weighted by atomic mass is 9.90. The molecular weight excluding hydrogens is 500 g/mol. The summed E-state index contributed by atoms with van der Waals surface area (Å²) in [6, 6.07) is 38.8. The van der Waals surface area contributed by atoms with E-state index in [-0.39, 0.29) is 13.2 Å². The third kappa shape index (κ3) is 5.21. The van der Waals surface area contributed by atoms with Crippen molar-refractivity contribution in [2.24, 2.45) is 4.99 Å². The van der Waals surface area contributed by atoms with E-state index in [9.17, 15) is 9.90 Å². The standard InChI is InChI=1S/C34H26N2O4/c37-19-20-39-34(38)28-14-8-7-13-27(28)33-29-17-15-25(35-23-9-3-1-4-10-23)21-31(29)40-32-22-26(16-18-30(32)33)36-24-11-5-2-6-12-24/h1-18,21-22,35,37H,19-20H2/b36-26+. The molecule has 1 aliphatic heterocycles. The Balaban J connectivity index is 1.57. The van der Waals surface area contributed by atoms with E-state index in [1.807, 2.05) is 109 Å². The van der Waals surface area contributed by atoms with Crippen LogP contribution in [0.5, 0.6) is 0 Å². The number of rotatable bonds is 7. The molecule has 0 fully saturated rings. The molecule has 6 rings (SSSR count). The van der Waals surface area contributed by atoms with Gasteiger partial charge in [0.15, 0.2) is 0 Å². The number of carbonyl (C=O) groups excluding carboxylic acids is 1. The summed E-state index contributed by atoms with van der Waals surface area (Å²) in [5, 5.41) is 14.2. The average molecular weight is 527 g/mol. The fourth-order valence-corrected chi connectivity index (χ4v) is 4.75. The first-order valence-electron chi connectivity index (χ1n) is 13.0. The van der Waals surface area contributed by atoms with Gasteiger partial charge in [-0.05, 0) is 60.2 Å². The molecule has 0 saturated heterocycles. The summed E-state index contributed by atoms with van der Waals surface area (Å²) in [6.07, 6.45) is 0. The van der Waals surface area contributed by atoms with Crippen LogP contribution in [0.2, 0.25) is 0 Å². The number of carbonyl (C=O) groups is 1. The second-order valence-corrected chi connectivity index (χ2v) is 9.21. The average Bonchev–Trinajstić information content (AvgIpc) is 2.99. The van der Waals surface area contributed by atoms with Crippen LogP contribution < -0.4 is 10.7 Å². The number of fused-ring (bicyclic) bond motifs is 2.